The van der Waals surface area contributed by atoms with Crippen LogP contribution in [0.3, 0.4) is 0 Å². The maximum absolute atomic E-state index is 8.91. The Labute approximate surface area is 127 Å². The highest BCUT2D eigenvalue weighted by Crippen LogP contribution is 2.27. The average molecular weight is 295 g/mol. The molecular formula is C17H11ClN2O. The van der Waals surface area contributed by atoms with E-state index in [2.05, 4.69) is 11.1 Å². The lowest BCUT2D eigenvalue weighted by molar-refractivity contribution is 0.295. The predicted molar refractivity (Wildman–Crippen MR) is 82.2 cm³/mol. The lowest BCUT2D eigenvalue weighted by atomic mass is 10.1. The van der Waals surface area contributed by atoms with Crippen molar-refractivity contribution in [3.05, 3.63) is 70.7 Å². The van der Waals surface area contributed by atoms with Crippen molar-refractivity contribution in [3.8, 4) is 11.9 Å². The number of fused-ring (bicyclic) bond motifs is 1. The third kappa shape index (κ3) is 2.96. The van der Waals surface area contributed by atoms with E-state index in [4.69, 9.17) is 21.6 Å². The van der Waals surface area contributed by atoms with Crippen molar-refractivity contribution in [1.82, 2.24) is 4.98 Å². The standard InChI is InChI=1S/C17H11ClN2O/c18-15-9-17(21-11-12-4-2-1-3-5-12)20-16-7-6-13(10-19)8-14(15)16/h1-9H,11H2. The van der Waals surface area contributed by atoms with Crippen molar-refractivity contribution < 1.29 is 4.74 Å². The molecule has 0 bridgehead atoms. The number of hydrogen-bond donors (Lipinski definition) is 0. The molecule has 2 aromatic carbocycles. The molecule has 0 fully saturated rings. The number of nitriles is 1. The Morgan fingerprint density at radius 2 is 1.90 bits per heavy atom. The van der Waals surface area contributed by atoms with Crippen LogP contribution in [-0.4, -0.2) is 4.98 Å². The van der Waals surface area contributed by atoms with Crippen LogP contribution in [0.2, 0.25) is 5.02 Å². The molecule has 0 aliphatic carbocycles. The summed E-state index contributed by atoms with van der Waals surface area (Å²) in [5.41, 5.74) is 2.34. The molecule has 0 N–H and O–H groups in total. The van der Waals surface area contributed by atoms with Gasteiger partial charge in [-0.1, -0.05) is 41.9 Å². The molecule has 3 aromatic rings. The fraction of sp³-hybridized carbons (Fsp3) is 0.0588. The molecule has 0 atom stereocenters. The highest BCUT2D eigenvalue weighted by atomic mass is 35.5. The lowest BCUT2D eigenvalue weighted by Crippen LogP contribution is -1.97. The zero-order valence-electron chi connectivity index (χ0n) is 11.1. The molecule has 0 radical (unpaired) electrons. The fourth-order valence-corrected chi connectivity index (χ4v) is 2.28. The second-order valence-electron chi connectivity index (χ2n) is 4.56. The van der Waals surface area contributed by atoms with E-state index in [0.717, 1.165) is 10.9 Å². The van der Waals surface area contributed by atoms with Crippen molar-refractivity contribution in [3.63, 3.8) is 0 Å². The van der Waals surface area contributed by atoms with Gasteiger partial charge >= 0.3 is 0 Å². The molecule has 1 heterocycles. The van der Waals surface area contributed by atoms with Gasteiger partial charge in [-0.05, 0) is 23.8 Å². The first-order valence-electron chi connectivity index (χ1n) is 6.43. The zero-order chi connectivity index (χ0) is 14.7. The quantitative estimate of drug-likeness (QED) is 0.722. The van der Waals surface area contributed by atoms with Crippen molar-refractivity contribution in [1.29, 1.82) is 5.26 Å². The number of nitrogens with zero attached hydrogens (tertiary/aromatic N) is 2. The summed E-state index contributed by atoms with van der Waals surface area (Å²) in [6, 6.07) is 18.8. The van der Waals surface area contributed by atoms with E-state index >= 15 is 0 Å². The Balaban J connectivity index is 1.89. The van der Waals surface area contributed by atoms with Crippen molar-refractivity contribution in [2.45, 2.75) is 6.61 Å². The first-order chi connectivity index (χ1) is 10.3. The summed E-state index contributed by atoms with van der Waals surface area (Å²) in [7, 11) is 0. The number of rotatable bonds is 3. The molecule has 0 aliphatic heterocycles. The summed E-state index contributed by atoms with van der Waals surface area (Å²) in [5, 5.41) is 10.2. The molecule has 0 saturated heterocycles. The predicted octanol–water partition coefficient (Wildman–Crippen LogP) is 4.34. The summed E-state index contributed by atoms with van der Waals surface area (Å²) in [6.45, 7) is 0.436. The van der Waals surface area contributed by atoms with Crippen molar-refractivity contribution in [2.75, 3.05) is 0 Å². The lowest BCUT2D eigenvalue weighted by Gasteiger charge is -2.08. The van der Waals surface area contributed by atoms with Gasteiger partial charge < -0.3 is 4.74 Å². The molecule has 3 rings (SSSR count). The van der Waals surface area contributed by atoms with Crippen LogP contribution in [-0.2, 0) is 6.61 Å². The van der Waals surface area contributed by atoms with E-state index in [1.165, 1.54) is 0 Å². The van der Waals surface area contributed by atoms with E-state index in [1.54, 1.807) is 24.3 Å². The van der Waals surface area contributed by atoms with E-state index in [1.807, 2.05) is 30.3 Å². The minimum absolute atomic E-state index is 0.436. The van der Waals surface area contributed by atoms with E-state index in [0.29, 0.717) is 28.6 Å². The SMILES string of the molecule is N#Cc1ccc2nc(OCc3ccccc3)cc(Cl)c2c1. The number of aromatic nitrogens is 1. The van der Waals surface area contributed by atoms with E-state index in [-0.39, 0.29) is 0 Å². The van der Waals surface area contributed by atoms with Gasteiger partial charge in [0.15, 0.2) is 0 Å². The first kappa shape index (κ1) is 13.4. The fourth-order valence-electron chi connectivity index (χ4n) is 2.04. The maximum atomic E-state index is 8.91. The van der Waals surface area contributed by atoms with Crippen molar-refractivity contribution >= 4 is 22.5 Å². The van der Waals surface area contributed by atoms with Crippen LogP contribution in [0.1, 0.15) is 11.1 Å². The molecule has 1 aromatic heterocycles. The van der Waals surface area contributed by atoms with Crippen LogP contribution in [0.25, 0.3) is 10.9 Å². The van der Waals surface area contributed by atoms with Gasteiger partial charge in [0.25, 0.3) is 0 Å². The van der Waals surface area contributed by atoms with Crippen LogP contribution < -0.4 is 4.74 Å². The highest BCUT2D eigenvalue weighted by Gasteiger charge is 2.06. The normalized spacial score (nSPS) is 10.3. The topological polar surface area (TPSA) is 45.9 Å². The number of hydrogen-bond acceptors (Lipinski definition) is 3. The summed E-state index contributed by atoms with van der Waals surface area (Å²) in [6.07, 6.45) is 0. The van der Waals surface area contributed by atoms with Gasteiger partial charge in [0.2, 0.25) is 5.88 Å². The Hall–Kier alpha value is -2.57. The Morgan fingerprint density at radius 1 is 1.10 bits per heavy atom. The molecule has 21 heavy (non-hydrogen) atoms. The smallest absolute Gasteiger partial charge is 0.215 e. The monoisotopic (exact) mass is 294 g/mol. The summed E-state index contributed by atoms with van der Waals surface area (Å²) in [4.78, 5) is 4.41. The minimum Gasteiger partial charge on any atom is -0.473 e. The van der Waals surface area contributed by atoms with Gasteiger partial charge in [0.1, 0.15) is 6.61 Å². The molecule has 0 saturated carbocycles. The van der Waals surface area contributed by atoms with Crippen LogP contribution in [0, 0.1) is 11.3 Å². The molecule has 3 nitrogen and oxygen atoms in total. The third-order valence-electron chi connectivity index (χ3n) is 3.09. The Morgan fingerprint density at radius 3 is 2.67 bits per heavy atom. The number of halogens is 1. The van der Waals surface area contributed by atoms with Gasteiger partial charge in [-0.2, -0.15) is 5.26 Å². The molecule has 4 heteroatoms. The summed E-state index contributed by atoms with van der Waals surface area (Å²) >= 11 is 6.24. The second-order valence-corrected chi connectivity index (χ2v) is 4.97. The van der Waals surface area contributed by atoms with Gasteiger partial charge in [-0.25, -0.2) is 4.98 Å². The van der Waals surface area contributed by atoms with Gasteiger partial charge in [0.05, 0.1) is 22.2 Å². The second kappa shape index (κ2) is 5.82. The molecule has 0 spiro atoms. The third-order valence-corrected chi connectivity index (χ3v) is 3.41. The first-order valence-corrected chi connectivity index (χ1v) is 6.81. The molecule has 0 aliphatic rings. The van der Waals surface area contributed by atoms with E-state index in [9.17, 15) is 0 Å². The van der Waals surface area contributed by atoms with Crippen LogP contribution in [0.5, 0.6) is 5.88 Å². The summed E-state index contributed by atoms with van der Waals surface area (Å²) in [5.74, 6) is 0.473. The Bertz CT molecular complexity index is 825. The van der Waals surface area contributed by atoms with Crippen molar-refractivity contribution in [2.24, 2.45) is 0 Å². The van der Waals surface area contributed by atoms with Gasteiger partial charge in [-0.15, -0.1) is 0 Å². The number of benzene rings is 2. The zero-order valence-corrected chi connectivity index (χ0v) is 11.8. The van der Waals surface area contributed by atoms with Gasteiger partial charge in [-0.3, -0.25) is 0 Å². The Kier molecular flexibility index (Phi) is 3.72. The molecule has 0 amide bonds. The van der Waals surface area contributed by atoms with Crippen LogP contribution >= 0.6 is 11.6 Å². The molecule has 0 unspecified atom stereocenters. The van der Waals surface area contributed by atoms with Crippen LogP contribution in [0.15, 0.2) is 54.6 Å². The summed E-state index contributed by atoms with van der Waals surface area (Å²) < 4.78 is 5.68. The number of pyridine rings is 1. The highest BCUT2D eigenvalue weighted by molar-refractivity contribution is 6.35. The molecular weight excluding hydrogens is 284 g/mol. The average Bonchev–Trinajstić information content (AvgIpc) is 2.54. The largest absolute Gasteiger partial charge is 0.473 e. The molecule has 102 valence electrons. The van der Waals surface area contributed by atoms with E-state index < -0.39 is 0 Å². The van der Waals surface area contributed by atoms with Crippen LogP contribution in [0.4, 0.5) is 0 Å². The minimum atomic E-state index is 0.436. The number of ether oxygens (including phenoxy) is 1. The van der Waals surface area contributed by atoms with Gasteiger partial charge in [0, 0.05) is 11.5 Å². The maximum Gasteiger partial charge on any atom is 0.215 e.